The van der Waals surface area contributed by atoms with Gasteiger partial charge in [0.2, 0.25) is 10.0 Å². The normalized spacial score (nSPS) is 11.5. The summed E-state index contributed by atoms with van der Waals surface area (Å²) in [5, 5.41) is 2.69. The molecule has 0 atom stereocenters. The maximum absolute atomic E-state index is 12.8. The Balaban J connectivity index is 2.31. The van der Waals surface area contributed by atoms with Gasteiger partial charge in [-0.1, -0.05) is 13.8 Å². The lowest BCUT2D eigenvalue weighted by atomic mass is 10.2. The zero-order valence-electron chi connectivity index (χ0n) is 14.5. The highest BCUT2D eigenvalue weighted by Gasteiger charge is 2.26. The van der Waals surface area contributed by atoms with E-state index in [2.05, 4.69) is 5.32 Å². The van der Waals surface area contributed by atoms with Crippen LogP contribution in [0.25, 0.3) is 0 Å². The van der Waals surface area contributed by atoms with Crippen LogP contribution in [0.1, 0.15) is 30.0 Å². The molecule has 25 heavy (non-hydrogen) atoms. The van der Waals surface area contributed by atoms with Crippen molar-refractivity contribution in [2.75, 3.05) is 20.2 Å². The van der Waals surface area contributed by atoms with Crippen LogP contribution in [0.5, 0.6) is 5.75 Å². The second-order valence-corrected chi connectivity index (χ2v) is 7.12. The summed E-state index contributed by atoms with van der Waals surface area (Å²) in [6.07, 6.45) is 1.52. The van der Waals surface area contributed by atoms with Crippen LogP contribution in [0.15, 0.2) is 45.9 Å². The number of nitrogens with one attached hydrogen (secondary N) is 1. The Hall–Kier alpha value is -2.32. The Morgan fingerprint density at radius 1 is 1.24 bits per heavy atom. The molecule has 1 N–H and O–H groups in total. The minimum atomic E-state index is -3.75. The first-order chi connectivity index (χ1) is 11.9. The van der Waals surface area contributed by atoms with Crippen LogP contribution >= 0.6 is 0 Å². The predicted molar refractivity (Wildman–Crippen MR) is 93.0 cm³/mol. The molecule has 0 spiro atoms. The van der Waals surface area contributed by atoms with Crippen molar-refractivity contribution >= 4 is 15.9 Å². The Morgan fingerprint density at radius 3 is 2.52 bits per heavy atom. The number of furan rings is 1. The van der Waals surface area contributed by atoms with Crippen LogP contribution in [-0.4, -0.2) is 38.8 Å². The molecule has 1 amide bonds. The van der Waals surface area contributed by atoms with E-state index >= 15 is 0 Å². The maximum Gasteiger partial charge on any atom is 0.251 e. The average molecular weight is 366 g/mol. The monoisotopic (exact) mass is 366 g/mol. The van der Waals surface area contributed by atoms with Crippen molar-refractivity contribution in [1.82, 2.24) is 9.62 Å². The molecular formula is C17H22N2O5S. The summed E-state index contributed by atoms with van der Waals surface area (Å²) in [4.78, 5) is 12.3. The van der Waals surface area contributed by atoms with E-state index in [9.17, 15) is 13.2 Å². The van der Waals surface area contributed by atoms with E-state index in [4.69, 9.17) is 9.15 Å². The van der Waals surface area contributed by atoms with E-state index in [-0.39, 0.29) is 22.8 Å². The Kier molecular flexibility index (Phi) is 6.22. The van der Waals surface area contributed by atoms with Crippen molar-refractivity contribution in [2.45, 2.75) is 25.3 Å². The largest absolute Gasteiger partial charge is 0.495 e. The molecule has 136 valence electrons. The fourth-order valence-corrected chi connectivity index (χ4v) is 4.04. The van der Waals surface area contributed by atoms with Crippen molar-refractivity contribution in [3.63, 3.8) is 0 Å². The van der Waals surface area contributed by atoms with Crippen molar-refractivity contribution in [2.24, 2.45) is 0 Å². The molecule has 0 unspecified atom stereocenters. The maximum atomic E-state index is 12.8. The first-order valence-corrected chi connectivity index (χ1v) is 9.36. The molecule has 8 heteroatoms. The fraction of sp³-hybridized carbons (Fsp3) is 0.353. The SMILES string of the molecule is CCN(CC)S(=O)(=O)c1cc(C(=O)NCc2ccco2)ccc1OC. The average Bonchev–Trinajstić information content (AvgIpc) is 3.13. The molecule has 0 aliphatic carbocycles. The number of hydrogen-bond acceptors (Lipinski definition) is 5. The molecule has 0 bridgehead atoms. The summed E-state index contributed by atoms with van der Waals surface area (Å²) in [5.41, 5.74) is 0.234. The fourth-order valence-electron chi connectivity index (χ4n) is 2.40. The number of carbonyl (C=O) groups excluding carboxylic acids is 1. The highest BCUT2D eigenvalue weighted by molar-refractivity contribution is 7.89. The lowest BCUT2D eigenvalue weighted by Crippen LogP contribution is -2.31. The van der Waals surface area contributed by atoms with Gasteiger partial charge in [-0.2, -0.15) is 4.31 Å². The summed E-state index contributed by atoms with van der Waals surface area (Å²) in [5.74, 6) is 0.419. The number of ether oxygens (including phenoxy) is 1. The quantitative estimate of drug-likeness (QED) is 0.774. The molecule has 0 radical (unpaired) electrons. The first-order valence-electron chi connectivity index (χ1n) is 7.92. The molecule has 1 aromatic carbocycles. The van der Waals surface area contributed by atoms with Crippen LogP contribution in [-0.2, 0) is 16.6 Å². The van der Waals surface area contributed by atoms with Crippen molar-refractivity contribution in [3.8, 4) is 5.75 Å². The Bertz CT molecular complexity index is 812. The number of carbonyl (C=O) groups is 1. The van der Waals surface area contributed by atoms with Gasteiger partial charge in [-0.3, -0.25) is 4.79 Å². The van der Waals surface area contributed by atoms with Crippen molar-refractivity contribution < 1.29 is 22.4 Å². The van der Waals surface area contributed by atoms with Gasteiger partial charge >= 0.3 is 0 Å². The summed E-state index contributed by atoms with van der Waals surface area (Å²) in [7, 11) is -2.35. The first kappa shape index (κ1) is 19.0. The highest BCUT2D eigenvalue weighted by atomic mass is 32.2. The van der Waals surface area contributed by atoms with E-state index in [0.717, 1.165) is 0 Å². The van der Waals surface area contributed by atoms with Crippen molar-refractivity contribution in [3.05, 3.63) is 47.9 Å². The molecule has 0 saturated carbocycles. The molecule has 7 nitrogen and oxygen atoms in total. The zero-order chi connectivity index (χ0) is 18.4. The van der Waals surface area contributed by atoms with Gasteiger partial charge in [0.15, 0.2) is 0 Å². The zero-order valence-corrected chi connectivity index (χ0v) is 15.3. The molecule has 1 heterocycles. The highest BCUT2D eigenvalue weighted by Crippen LogP contribution is 2.27. The molecule has 0 saturated heterocycles. The second kappa shape index (κ2) is 8.17. The van der Waals surface area contributed by atoms with Gasteiger partial charge in [-0.05, 0) is 30.3 Å². The third-order valence-corrected chi connectivity index (χ3v) is 5.82. The molecule has 1 aromatic heterocycles. The van der Waals surface area contributed by atoms with Crippen LogP contribution in [0, 0.1) is 0 Å². The molecular weight excluding hydrogens is 344 g/mol. The number of methoxy groups -OCH3 is 1. The topological polar surface area (TPSA) is 88.9 Å². The number of hydrogen-bond donors (Lipinski definition) is 1. The predicted octanol–water partition coefficient (Wildman–Crippen LogP) is 2.25. The van der Waals surface area contributed by atoms with E-state index < -0.39 is 15.9 Å². The van der Waals surface area contributed by atoms with Gasteiger partial charge in [0.05, 0.1) is 19.9 Å². The summed E-state index contributed by atoms with van der Waals surface area (Å²) < 4.78 is 37.2. The van der Waals surface area contributed by atoms with Gasteiger partial charge < -0.3 is 14.5 Å². The third-order valence-electron chi connectivity index (χ3n) is 3.75. The smallest absolute Gasteiger partial charge is 0.251 e. The second-order valence-electron chi connectivity index (χ2n) is 5.22. The minimum Gasteiger partial charge on any atom is -0.495 e. The summed E-state index contributed by atoms with van der Waals surface area (Å²) in [6.45, 7) is 4.39. The third kappa shape index (κ3) is 4.21. The van der Waals surface area contributed by atoms with Crippen LogP contribution in [0.4, 0.5) is 0 Å². The Morgan fingerprint density at radius 2 is 1.96 bits per heavy atom. The number of sulfonamides is 1. The van der Waals surface area contributed by atoms with Crippen LogP contribution < -0.4 is 10.1 Å². The number of amides is 1. The number of nitrogens with zero attached hydrogens (tertiary/aromatic N) is 1. The van der Waals surface area contributed by atoms with E-state index in [1.807, 2.05) is 0 Å². The van der Waals surface area contributed by atoms with Crippen molar-refractivity contribution in [1.29, 1.82) is 0 Å². The van der Waals surface area contributed by atoms with Gasteiger partial charge in [0.1, 0.15) is 16.4 Å². The molecule has 2 aromatic rings. The molecule has 0 fully saturated rings. The van der Waals surface area contributed by atoms with Gasteiger partial charge in [-0.15, -0.1) is 0 Å². The summed E-state index contributed by atoms with van der Waals surface area (Å²) >= 11 is 0. The van der Waals surface area contributed by atoms with Crippen LogP contribution in [0.3, 0.4) is 0 Å². The Labute approximate surface area is 147 Å². The lowest BCUT2D eigenvalue weighted by Gasteiger charge is -2.20. The minimum absolute atomic E-state index is 0.0238. The molecule has 2 rings (SSSR count). The standard InChI is InChI=1S/C17H22N2O5S/c1-4-19(5-2)25(21,22)16-11-13(8-9-15(16)23-3)17(20)18-12-14-7-6-10-24-14/h6-11H,4-5,12H2,1-3H3,(H,18,20). The van der Waals surface area contributed by atoms with E-state index in [0.29, 0.717) is 18.8 Å². The van der Waals surface area contributed by atoms with E-state index in [1.54, 1.807) is 26.0 Å². The van der Waals surface area contributed by atoms with Gasteiger partial charge in [-0.25, -0.2) is 8.42 Å². The van der Waals surface area contributed by atoms with Crippen LogP contribution in [0.2, 0.25) is 0 Å². The number of benzene rings is 1. The summed E-state index contributed by atoms with van der Waals surface area (Å²) in [6, 6.07) is 7.81. The molecule has 0 aliphatic rings. The van der Waals surface area contributed by atoms with E-state index in [1.165, 1.54) is 35.9 Å². The van der Waals surface area contributed by atoms with Gasteiger partial charge in [0, 0.05) is 18.7 Å². The lowest BCUT2D eigenvalue weighted by molar-refractivity contribution is 0.0947. The molecule has 0 aliphatic heterocycles. The number of rotatable bonds is 8. The van der Waals surface area contributed by atoms with Gasteiger partial charge in [0.25, 0.3) is 5.91 Å².